The Hall–Kier alpha value is -2.63. The molecule has 1 fully saturated rings. The fraction of sp³-hybridized carbons (Fsp3) is 0.476. The average Bonchev–Trinajstić information content (AvgIpc) is 3.05. The molecule has 1 heterocycles. The summed E-state index contributed by atoms with van der Waals surface area (Å²) in [5.74, 6) is 0.721. The van der Waals surface area contributed by atoms with Crippen LogP contribution in [0.15, 0.2) is 36.9 Å². The van der Waals surface area contributed by atoms with Gasteiger partial charge in [-0.3, -0.25) is 9.59 Å². The first-order valence-corrected chi connectivity index (χ1v) is 9.70. The van der Waals surface area contributed by atoms with Crippen LogP contribution in [0.3, 0.4) is 0 Å². The maximum absolute atomic E-state index is 12.9. The lowest BCUT2D eigenvalue weighted by molar-refractivity contribution is -0.133. The van der Waals surface area contributed by atoms with Crippen LogP contribution in [0.25, 0.3) is 11.0 Å². The topological polar surface area (TPSA) is 67.2 Å². The van der Waals surface area contributed by atoms with Crippen LogP contribution in [-0.4, -0.2) is 45.9 Å². The molecular formula is C21H28N4O2. The predicted molar refractivity (Wildman–Crippen MR) is 106 cm³/mol. The summed E-state index contributed by atoms with van der Waals surface area (Å²) >= 11 is 0. The third-order valence-electron chi connectivity index (χ3n) is 5.38. The van der Waals surface area contributed by atoms with Crippen LogP contribution in [-0.2, 0) is 22.6 Å². The number of fused-ring (bicyclic) bond motifs is 1. The van der Waals surface area contributed by atoms with E-state index in [9.17, 15) is 9.59 Å². The molecule has 1 aliphatic carbocycles. The Morgan fingerprint density at radius 3 is 2.78 bits per heavy atom. The second-order valence-electron chi connectivity index (χ2n) is 7.14. The second kappa shape index (κ2) is 8.84. The van der Waals surface area contributed by atoms with Crippen molar-refractivity contribution in [2.24, 2.45) is 0 Å². The molecule has 6 heteroatoms. The van der Waals surface area contributed by atoms with Gasteiger partial charge in [-0.25, -0.2) is 4.98 Å². The van der Waals surface area contributed by atoms with Gasteiger partial charge in [0, 0.05) is 26.1 Å². The van der Waals surface area contributed by atoms with E-state index in [2.05, 4.69) is 16.9 Å². The number of carbonyl (C=O) groups is 2. The SMILES string of the molecule is C=CC(=O)NCCc1nc2ccccc2n1CC(=O)N(C)C1CCCCC1. The fourth-order valence-corrected chi connectivity index (χ4v) is 3.78. The minimum atomic E-state index is -0.203. The zero-order chi connectivity index (χ0) is 19.2. The molecule has 1 saturated carbocycles. The maximum Gasteiger partial charge on any atom is 0.243 e. The van der Waals surface area contributed by atoms with Crippen molar-refractivity contribution in [1.82, 2.24) is 19.8 Å². The van der Waals surface area contributed by atoms with E-state index in [1.54, 1.807) is 0 Å². The summed E-state index contributed by atoms with van der Waals surface area (Å²) in [4.78, 5) is 30.9. The van der Waals surface area contributed by atoms with E-state index >= 15 is 0 Å². The second-order valence-corrected chi connectivity index (χ2v) is 7.14. The molecule has 0 atom stereocenters. The number of amides is 2. The van der Waals surface area contributed by atoms with Crippen LogP contribution >= 0.6 is 0 Å². The monoisotopic (exact) mass is 368 g/mol. The Kier molecular flexibility index (Phi) is 6.27. The smallest absolute Gasteiger partial charge is 0.243 e. The first-order valence-electron chi connectivity index (χ1n) is 9.70. The van der Waals surface area contributed by atoms with E-state index in [1.807, 2.05) is 40.8 Å². The van der Waals surface area contributed by atoms with Gasteiger partial charge in [0.15, 0.2) is 0 Å². The zero-order valence-corrected chi connectivity index (χ0v) is 16.0. The number of carbonyl (C=O) groups excluding carboxylic acids is 2. The van der Waals surface area contributed by atoms with E-state index in [1.165, 1.54) is 25.3 Å². The number of nitrogens with one attached hydrogen (secondary N) is 1. The van der Waals surface area contributed by atoms with Gasteiger partial charge in [0.05, 0.1) is 11.0 Å². The van der Waals surface area contributed by atoms with Crippen molar-refractivity contribution in [3.05, 3.63) is 42.7 Å². The molecule has 0 bridgehead atoms. The van der Waals surface area contributed by atoms with Crippen LogP contribution < -0.4 is 5.32 Å². The largest absolute Gasteiger partial charge is 0.352 e. The Morgan fingerprint density at radius 2 is 2.04 bits per heavy atom. The highest BCUT2D eigenvalue weighted by Gasteiger charge is 2.23. The van der Waals surface area contributed by atoms with Gasteiger partial charge in [-0.2, -0.15) is 0 Å². The van der Waals surface area contributed by atoms with Crippen molar-refractivity contribution in [3.63, 3.8) is 0 Å². The third kappa shape index (κ3) is 4.56. The summed E-state index contributed by atoms with van der Waals surface area (Å²) in [5.41, 5.74) is 1.82. The minimum absolute atomic E-state index is 0.112. The van der Waals surface area contributed by atoms with Gasteiger partial charge in [-0.05, 0) is 31.1 Å². The molecule has 0 aliphatic heterocycles. The third-order valence-corrected chi connectivity index (χ3v) is 5.38. The van der Waals surface area contributed by atoms with Crippen molar-refractivity contribution < 1.29 is 9.59 Å². The highest BCUT2D eigenvalue weighted by molar-refractivity contribution is 5.86. The number of rotatable bonds is 7. The molecular weight excluding hydrogens is 340 g/mol. The number of para-hydroxylation sites is 2. The zero-order valence-electron chi connectivity index (χ0n) is 16.0. The van der Waals surface area contributed by atoms with Crippen molar-refractivity contribution in [3.8, 4) is 0 Å². The Balaban J connectivity index is 1.76. The summed E-state index contributed by atoms with van der Waals surface area (Å²) in [7, 11) is 1.92. The molecule has 2 aromatic rings. The van der Waals surface area contributed by atoms with Crippen molar-refractivity contribution in [2.45, 2.75) is 51.1 Å². The van der Waals surface area contributed by atoms with Gasteiger partial charge in [0.2, 0.25) is 11.8 Å². The standard InChI is InChI=1S/C21H28N4O2/c1-3-20(26)22-14-13-19-23-17-11-7-8-12-18(17)25(19)15-21(27)24(2)16-9-5-4-6-10-16/h3,7-8,11-12,16H,1,4-6,9-10,13-15H2,2H3,(H,22,26). The van der Waals surface area contributed by atoms with E-state index in [0.717, 1.165) is 29.7 Å². The van der Waals surface area contributed by atoms with E-state index in [0.29, 0.717) is 19.0 Å². The normalized spacial score (nSPS) is 14.9. The lowest BCUT2D eigenvalue weighted by Gasteiger charge is -2.31. The summed E-state index contributed by atoms with van der Waals surface area (Å²) in [5, 5.41) is 2.77. The molecule has 0 radical (unpaired) electrons. The van der Waals surface area contributed by atoms with Crippen LogP contribution in [0.1, 0.15) is 37.9 Å². The number of likely N-dealkylation sites (N-methyl/N-ethyl adjacent to an activating group) is 1. The summed E-state index contributed by atoms with van der Waals surface area (Å²) < 4.78 is 1.98. The number of hydrogen-bond acceptors (Lipinski definition) is 3. The Bertz CT molecular complexity index is 821. The van der Waals surface area contributed by atoms with Gasteiger partial charge in [-0.1, -0.05) is 38.0 Å². The molecule has 1 aliphatic rings. The first-order chi connectivity index (χ1) is 13.1. The van der Waals surface area contributed by atoms with E-state index < -0.39 is 0 Å². The molecule has 1 N–H and O–H groups in total. The number of benzene rings is 1. The maximum atomic E-state index is 12.9. The highest BCUT2D eigenvalue weighted by atomic mass is 16.2. The predicted octanol–water partition coefficient (Wildman–Crippen LogP) is 2.67. The van der Waals surface area contributed by atoms with Crippen molar-refractivity contribution >= 4 is 22.8 Å². The van der Waals surface area contributed by atoms with Gasteiger partial charge >= 0.3 is 0 Å². The van der Waals surface area contributed by atoms with Crippen molar-refractivity contribution in [2.75, 3.05) is 13.6 Å². The number of nitrogens with zero attached hydrogens (tertiary/aromatic N) is 3. The quantitative estimate of drug-likeness (QED) is 0.764. The van der Waals surface area contributed by atoms with Gasteiger partial charge in [0.1, 0.15) is 12.4 Å². The van der Waals surface area contributed by atoms with Crippen LogP contribution in [0.5, 0.6) is 0 Å². The van der Waals surface area contributed by atoms with Gasteiger partial charge in [0.25, 0.3) is 0 Å². The summed E-state index contributed by atoms with van der Waals surface area (Å²) in [6.07, 6.45) is 7.67. The fourth-order valence-electron chi connectivity index (χ4n) is 3.78. The average molecular weight is 368 g/mol. The van der Waals surface area contributed by atoms with E-state index in [-0.39, 0.29) is 18.4 Å². The molecule has 27 heavy (non-hydrogen) atoms. The minimum Gasteiger partial charge on any atom is -0.352 e. The van der Waals surface area contributed by atoms with Crippen LogP contribution in [0, 0.1) is 0 Å². The Labute approximate surface area is 160 Å². The number of aromatic nitrogens is 2. The van der Waals surface area contributed by atoms with Crippen LogP contribution in [0.4, 0.5) is 0 Å². The molecule has 0 spiro atoms. The number of imidazole rings is 1. The Morgan fingerprint density at radius 1 is 1.30 bits per heavy atom. The molecule has 0 unspecified atom stereocenters. The molecule has 1 aromatic heterocycles. The van der Waals surface area contributed by atoms with Crippen LogP contribution in [0.2, 0.25) is 0 Å². The van der Waals surface area contributed by atoms with Crippen molar-refractivity contribution in [1.29, 1.82) is 0 Å². The molecule has 2 amide bonds. The molecule has 6 nitrogen and oxygen atoms in total. The van der Waals surface area contributed by atoms with Gasteiger partial charge in [-0.15, -0.1) is 0 Å². The highest BCUT2D eigenvalue weighted by Crippen LogP contribution is 2.23. The first kappa shape index (κ1) is 19.1. The molecule has 3 rings (SSSR count). The molecule has 1 aromatic carbocycles. The van der Waals surface area contributed by atoms with Gasteiger partial charge < -0.3 is 14.8 Å². The number of hydrogen-bond donors (Lipinski definition) is 1. The lowest BCUT2D eigenvalue weighted by atomic mass is 9.94. The summed E-state index contributed by atoms with van der Waals surface area (Å²) in [6, 6.07) is 8.18. The summed E-state index contributed by atoms with van der Waals surface area (Å²) in [6.45, 7) is 4.19. The lowest BCUT2D eigenvalue weighted by Crippen LogP contribution is -2.40. The molecule has 144 valence electrons. The van der Waals surface area contributed by atoms with E-state index in [4.69, 9.17) is 0 Å². The molecule has 0 saturated heterocycles.